The van der Waals surface area contributed by atoms with Crippen LogP contribution in [0.3, 0.4) is 0 Å². The first-order valence-corrected chi connectivity index (χ1v) is 7.61. The number of nitrogens with two attached hydrogens (primary N) is 1. The van der Waals surface area contributed by atoms with Crippen molar-refractivity contribution in [1.82, 2.24) is 0 Å². The molecule has 0 unspecified atom stereocenters. The minimum absolute atomic E-state index is 0.160. The molecule has 0 aliphatic rings. The van der Waals surface area contributed by atoms with Crippen LogP contribution >= 0.6 is 0 Å². The average molecular weight is 315 g/mol. The van der Waals surface area contributed by atoms with Crippen LogP contribution in [0.15, 0.2) is 29.3 Å². The van der Waals surface area contributed by atoms with E-state index in [1.807, 2.05) is 0 Å². The van der Waals surface area contributed by atoms with Crippen LogP contribution in [-0.2, 0) is 14.3 Å². The molecular formula is C13H18FN3O3S. The van der Waals surface area contributed by atoms with E-state index in [0.717, 1.165) is 0 Å². The van der Waals surface area contributed by atoms with Gasteiger partial charge in [0.15, 0.2) is 4.75 Å². The molecular weight excluding hydrogens is 297 g/mol. The molecule has 0 atom stereocenters. The van der Waals surface area contributed by atoms with Crippen LogP contribution < -0.4 is 5.73 Å². The average Bonchev–Trinajstić information content (AvgIpc) is 2.38. The van der Waals surface area contributed by atoms with Gasteiger partial charge in [-0.15, -0.1) is 0 Å². The molecule has 1 aromatic rings. The minimum Gasteiger partial charge on any atom is -0.386 e. The topological polar surface area (TPSA) is 106 Å². The molecule has 3 N–H and O–H groups in total. The third kappa shape index (κ3) is 3.78. The molecule has 8 heteroatoms. The summed E-state index contributed by atoms with van der Waals surface area (Å²) in [7, 11) is -4.21. The van der Waals surface area contributed by atoms with Gasteiger partial charge in [0, 0.05) is 12.1 Å². The summed E-state index contributed by atoms with van der Waals surface area (Å²) in [5, 5.41) is 7.36. The number of rotatable bonds is 5. The number of nitrogens with one attached hydrogen (secondary N) is 1. The summed E-state index contributed by atoms with van der Waals surface area (Å²) in [4.78, 5) is 3.96. The van der Waals surface area contributed by atoms with E-state index in [4.69, 9.17) is 15.3 Å². The fraction of sp³-hybridized carbons (Fsp3) is 0.385. The number of hydrogen-bond acceptors (Lipinski definition) is 5. The number of nitrogens with zero attached hydrogens (tertiary/aromatic N) is 1. The van der Waals surface area contributed by atoms with Crippen LogP contribution in [0.25, 0.3) is 0 Å². The van der Waals surface area contributed by atoms with Gasteiger partial charge in [-0.1, -0.05) is 0 Å². The summed E-state index contributed by atoms with van der Waals surface area (Å²) in [6.07, 6.45) is 0. The van der Waals surface area contributed by atoms with Crippen LogP contribution in [0.2, 0.25) is 0 Å². The number of benzene rings is 1. The van der Waals surface area contributed by atoms with Gasteiger partial charge >= 0.3 is 10.1 Å². The van der Waals surface area contributed by atoms with Crippen molar-refractivity contribution < 1.29 is 17.0 Å². The van der Waals surface area contributed by atoms with Crippen LogP contribution in [0.1, 0.15) is 26.3 Å². The molecule has 0 bridgehead atoms. The van der Waals surface area contributed by atoms with Crippen molar-refractivity contribution >= 4 is 21.9 Å². The molecule has 0 aliphatic carbocycles. The van der Waals surface area contributed by atoms with Gasteiger partial charge in [0.2, 0.25) is 5.90 Å². The Labute approximate surface area is 123 Å². The van der Waals surface area contributed by atoms with Gasteiger partial charge in [-0.25, -0.2) is 4.39 Å². The van der Waals surface area contributed by atoms with Crippen LogP contribution in [0.4, 0.5) is 4.39 Å². The van der Waals surface area contributed by atoms with Crippen molar-refractivity contribution in [3.63, 3.8) is 0 Å². The Balaban J connectivity index is 3.19. The van der Waals surface area contributed by atoms with Gasteiger partial charge in [0.25, 0.3) is 0 Å². The first-order valence-electron chi connectivity index (χ1n) is 6.20. The highest BCUT2D eigenvalue weighted by atomic mass is 32.2. The summed E-state index contributed by atoms with van der Waals surface area (Å²) < 4.78 is 40.7. The second-order valence-corrected chi connectivity index (χ2v) is 6.84. The van der Waals surface area contributed by atoms with Gasteiger partial charge in [-0.05, 0) is 45.0 Å². The molecule has 0 fully saturated rings. The molecule has 0 aromatic heterocycles. The zero-order chi connectivity index (χ0) is 16.3. The van der Waals surface area contributed by atoms with Crippen molar-refractivity contribution in [2.45, 2.75) is 25.5 Å². The molecule has 116 valence electrons. The SMILES string of the molecule is CC/N=C(\OS(=O)(=O)C(C)(C)C(=N)N)c1ccc(F)cc1. The largest absolute Gasteiger partial charge is 0.386 e. The normalized spacial score (nSPS) is 13.0. The first kappa shape index (κ1) is 17.1. The van der Waals surface area contributed by atoms with Gasteiger partial charge in [-0.2, -0.15) is 8.42 Å². The summed E-state index contributed by atoms with van der Waals surface area (Å²) in [5.41, 5.74) is 5.62. The van der Waals surface area contributed by atoms with Crippen LogP contribution in [-0.4, -0.2) is 31.4 Å². The molecule has 0 heterocycles. The molecule has 6 nitrogen and oxygen atoms in total. The van der Waals surface area contributed by atoms with Gasteiger partial charge in [0.1, 0.15) is 11.7 Å². The Morgan fingerprint density at radius 3 is 2.33 bits per heavy atom. The van der Waals surface area contributed by atoms with E-state index in [1.54, 1.807) is 6.92 Å². The molecule has 0 radical (unpaired) electrons. The monoisotopic (exact) mass is 315 g/mol. The standard InChI is InChI=1S/C13H18FN3O3S/c1-4-17-11(9-5-7-10(14)8-6-9)20-21(18,19)13(2,3)12(15)16/h5-8H,4H2,1-3H3,(H3,15,16)/b17-11-. The highest BCUT2D eigenvalue weighted by Crippen LogP contribution is 2.20. The van der Waals surface area contributed by atoms with E-state index in [0.29, 0.717) is 5.56 Å². The van der Waals surface area contributed by atoms with Crippen LogP contribution in [0.5, 0.6) is 0 Å². The van der Waals surface area contributed by atoms with Gasteiger partial charge in [0.05, 0.1) is 0 Å². The Kier molecular flexibility index (Phi) is 5.06. The lowest BCUT2D eigenvalue weighted by Gasteiger charge is -2.23. The number of amidine groups is 1. The Hall–Kier alpha value is -1.96. The predicted octanol–water partition coefficient (Wildman–Crippen LogP) is 1.65. The second-order valence-electron chi connectivity index (χ2n) is 4.75. The van der Waals surface area contributed by atoms with E-state index in [2.05, 4.69) is 4.99 Å². The summed E-state index contributed by atoms with van der Waals surface area (Å²) in [5.74, 6) is -1.16. The van der Waals surface area contributed by atoms with E-state index >= 15 is 0 Å². The zero-order valence-electron chi connectivity index (χ0n) is 12.1. The third-order valence-corrected chi connectivity index (χ3v) is 4.70. The molecule has 0 saturated heterocycles. The van der Waals surface area contributed by atoms with Gasteiger partial charge in [-0.3, -0.25) is 10.4 Å². The molecule has 0 saturated carbocycles. The predicted molar refractivity (Wildman–Crippen MR) is 79.5 cm³/mol. The van der Waals surface area contributed by atoms with E-state index in [-0.39, 0.29) is 12.4 Å². The van der Waals surface area contributed by atoms with E-state index in [1.165, 1.54) is 38.1 Å². The number of hydrogen-bond donors (Lipinski definition) is 2. The maximum Gasteiger partial charge on any atom is 0.323 e. The fourth-order valence-corrected chi connectivity index (χ4v) is 2.08. The summed E-state index contributed by atoms with van der Waals surface area (Å²) in [6, 6.07) is 5.07. The van der Waals surface area contributed by atoms with E-state index < -0.39 is 26.5 Å². The third-order valence-electron chi connectivity index (χ3n) is 2.86. The molecule has 0 spiro atoms. The maximum absolute atomic E-state index is 12.9. The molecule has 0 amide bonds. The molecule has 0 aliphatic heterocycles. The van der Waals surface area contributed by atoms with Gasteiger partial charge < -0.3 is 9.92 Å². The Morgan fingerprint density at radius 1 is 1.38 bits per heavy atom. The van der Waals surface area contributed by atoms with Crippen molar-refractivity contribution in [3.8, 4) is 0 Å². The number of aliphatic imine (C=N–C) groups is 1. The van der Waals surface area contributed by atoms with Crippen molar-refractivity contribution in [2.75, 3.05) is 6.54 Å². The fourth-order valence-electron chi connectivity index (χ4n) is 1.24. The smallest absolute Gasteiger partial charge is 0.323 e. The van der Waals surface area contributed by atoms with Crippen LogP contribution in [0, 0.1) is 11.2 Å². The zero-order valence-corrected chi connectivity index (χ0v) is 12.9. The highest BCUT2D eigenvalue weighted by molar-refractivity contribution is 7.89. The lowest BCUT2D eigenvalue weighted by atomic mass is 10.2. The summed E-state index contributed by atoms with van der Waals surface area (Å²) >= 11 is 0. The first-order chi connectivity index (χ1) is 9.61. The maximum atomic E-state index is 12.9. The minimum atomic E-state index is -4.21. The lowest BCUT2D eigenvalue weighted by Crippen LogP contribution is -2.46. The Bertz CT molecular complexity index is 652. The molecule has 21 heavy (non-hydrogen) atoms. The van der Waals surface area contributed by atoms with E-state index in [9.17, 15) is 12.8 Å². The van der Waals surface area contributed by atoms with Crippen molar-refractivity contribution in [3.05, 3.63) is 35.6 Å². The summed E-state index contributed by atoms with van der Waals surface area (Å²) in [6.45, 7) is 4.51. The van der Waals surface area contributed by atoms with Crippen molar-refractivity contribution in [2.24, 2.45) is 10.7 Å². The Morgan fingerprint density at radius 2 is 1.90 bits per heavy atom. The lowest BCUT2D eigenvalue weighted by molar-refractivity contribution is 0.462. The molecule has 1 aromatic carbocycles. The second kappa shape index (κ2) is 6.21. The quantitative estimate of drug-likeness (QED) is 0.489. The molecule has 1 rings (SSSR count). The number of halogens is 1. The van der Waals surface area contributed by atoms with Crippen molar-refractivity contribution in [1.29, 1.82) is 5.41 Å². The highest BCUT2D eigenvalue weighted by Gasteiger charge is 2.40.